The zero-order chi connectivity index (χ0) is 21.2. The summed E-state index contributed by atoms with van der Waals surface area (Å²) < 4.78 is 137. The van der Waals surface area contributed by atoms with E-state index in [9.17, 15) is 53.1 Å². The van der Waals surface area contributed by atoms with Crippen LogP contribution in [0, 0.1) is 5.21 Å². The molecule has 0 bridgehead atoms. The minimum Gasteiger partial charge on any atom is -0.633 e. The van der Waals surface area contributed by atoms with Crippen molar-refractivity contribution in [3.63, 3.8) is 0 Å². The van der Waals surface area contributed by atoms with Crippen molar-refractivity contribution in [2.24, 2.45) is 0 Å². The number of rotatable bonds is 10. The molecule has 0 aromatic carbocycles. The maximum atomic E-state index is 13.2. The molecule has 0 aromatic heterocycles. The van der Waals surface area contributed by atoms with Crippen LogP contribution in [-0.2, 0) is 10.0 Å². The SMILES string of the molecule is C[N+](C)([O-])CCCNS(=O)(=O)CCC(F)(F)C(F)(F)C(F)(F)C(F)(F)F. The first-order valence-corrected chi connectivity index (χ1v) is 8.53. The molecule has 158 valence electrons. The quantitative estimate of drug-likeness (QED) is 0.252. The number of halogens is 9. The third kappa shape index (κ3) is 6.42. The van der Waals surface area contributed by atoms with Crippen LogP contribution in [-0.4, -0.2) is 69.9 Å². The molecular weight excluding hydrogens is 411 g/mol. The highest BCUT2D eigenvalue weighted by atomic mass is 32.2. The van der Waals surface area contributed by atoms with Gasteiger partial charge in [-0.15, -0.1) is 0 Å². The van der Waals surface area contributed by atoms with Crippen LogP contribution in [0.5, 0.6) is 0 Å². The fourth-order valence-corrected chi connectivity index (χ4v) is 2.71. The molecule has 5 nitrogen and oxygen atoms in total. The van der Waals surface area contributed by atoms with Crippen LogP contribution < -0.4 is 4.72 Å². The number of hydrogen-bond donors (Lipinski definition) is 1. The van der Waals surface area contributed by atoms with Crippen LogP contribution in [0.4, 0.5) is 39.5 Å². The second-order valence-electron chi connectivity index (χ2n) is 5.97. The molecular formula is C11H17F9N2O3S. The Labute approximate surface area is 143 Å². The summed E-state index contributed by atoms with van der Waals surface area (Å²) in [7, 11) is -2.23. The molecule has 0 spiro atoms. The molecule has 0 aromatic rings. The summed E-state index contributed by atoms with van der Waals surface area (Å²) in [4.78, 5) is 0. The Kier molecular flexibility index (Phi) is 7.44. The Morgan fingerprint density at radius 3 is 1.77 bits per heavy atom. The van der Waals surface area contributed by atoms with E-state index in [1.165, 1.54) is 14.1 Å². The van der Waals surface area contributed by atoms with Crippen LogP contribution in [0.2, 0.25) is 0 Å². The van der Waals surface area contributed by atoms with Crippen molar-refractivity contribution in [2.45, 2.75) is 36.8 Å². The smallest absolute Gasteiger partial charge is 0.460 e. The molecule has 0 atom stereocenters. The van der Waals surface area contributed by atoms with Crippen molar-refractivity contribution in [1.29, 1.82) is 0 Å². The molecule has 0 unspecified atom stereocenters. The molecule has 26 heavy (non-hydrogen) atoms. The van der Waals surface area contributed by atoms with E-state index < -0.39 is 57.3 Å². The van der Waals surface area contributed by atoms with Crippen LogP contribution in [0.1, 0.15) is 12.8 Å². The van der Waals surface area contributed by atoms with E-state index in [0.717, 1.165) is 0 Å². The third-order valence-corrected chi connectivity index (χ3v) is 4.48. The zero-order valence-electron chi connectivity index (χ0n) is 13.5. The summed E-state index contributed by atoms with van der Waals surface area (Å²) in [6, 6.07) is 0. The van der Waals surface area contributed by atoms with E-state index >= 15 is 0 Å². The maximum absolute atomic E-state index is 13.2. The Bertz CT molecular complexity index is 570. The summed E-state index contributed by atoms with van der Waals surface area (Å²) in [5.74, 6) is -21.7. The van der Waals surface area contributed by atoms with Gasteiger partial charge >= 0.3 is 23.9 Å². The summed E-state index contributed by atoms with van der Waals surface area (Å²) in [5.41, 5.74) is 0. The van der Waals surface area contributed by atoms with Crippen molar-refractivity contribution in [3.05, 3.63) is 5.21 Å². The molecule has 0 fully saturated rings. The molecule has 0 aliphatic rings. The average molecular weight is 428 g/mol. The third-order valence-electron chi connectivity index (χ3n) is 3.09. The standard InChI is InChI=1S/C11H17F9N2O3S/c1-22(2,23)6-3-5-21-26(24,25)7-4-8(12,13)9(14,15)10(16,17)11(18,19)20/h21H,3-7H2,1-2H3. The minimum absolute atomic E-state index is 0.0611. The van der Waals surface area contributed by atoms with Crippen LogP contribution in [0.25, 0.3) is 0 Å². The molecule has 1 N–H and O–H groups in total. The second-order valence-corrected chi connectivity index (χ2v) is 7.89. The second kappa shape index (κ2) is 7.67. The van der Waals surface area contributed by atoms with E-state index in [1.54, 1.807) is 4.72 Å². The van der Waals surface area contributed by atoms with E-state index in [0.29, 0.717) is 0 Å². The van der Waals surface area contributed by atoms with Gasteiger partial charge in [0.1, 0.15) is 0 Å². The van der Waals surface area contributed by atoms with Gasteiger partial charge in [-0.25, -0.2) is 13.1 Å². The highest BCUT2D eigenvalue weighted by Crippen LogP contribution is 2.54. The van der Waals surface area contributed by atoms with Crippen molar-refractivity contribution in [3.8, 4) is 0 Å². The normalized spacial score (nSPS) is 15.4. The summed E-state index contributed by atoms with van der Waals surface area (Å²) in [6.07, 6.45) is -9.49. The van der Waals surface area contributed by atoms with Gasteiger partial charge in [0.15, 0.2) is 0 Å². The van der Waals surface area contributed by atoms with Gasteiger partial charge in [-0.2, -0.15) is 39.5 Å². The van der Waals surface area contributed by atoms with E-state index in [-0.39, 0.29) is 13.0 Å². The monoisotopic (exact) mass is 428 g/mol. The van der Waals surface area contributed by atoms with Gasteiger partial charge in [0.25, 0.3) is 0 Å². The van der Waals surface area contributed by atoms with Gasteiger partial charge in [-0.1, -0.05) is 0 Å². The van der Waals surface area contributed by atoms with Crippen molar-refractivity contribution in [2.75, 3.05) is 32.9 Å². The number of nitrogens with one attached hydrogen (secondary N) is 1. The lowest BCUT2D eigenvalue weighted by molar-refractivity contribution is -0.840. The van der Waals surface area contributed by atoms with E-state index in [2.05, 4.69) is 0 Å². The summed E-state index contributed by atoms with van der Waals surface area (Å²) in [6.45, 7) is -0.526. The largest absolute Gasteiger partial charge is 0.633 e. The molecule has 0 radical (unpaired) electrons. The van der Waals surface area contributed by atoms with Gasteiger partial charge in [0, 0.05) is 19.4 Å². The summed E-state index contributed by atoms with van der Waals surface area (Å²) in [5, 5.41) is 11.2. The number of alkyl halides is 9. The minimum atomic E-state index is -7.06. The molecule has 0 aliphatic carbocycles. The maximum Gasteiger partial charge on any atom is 0.460 e. The first-order chi connectivity index (χ1) is 11.2. The lowest BCUT2D eigenvalue weighted by Crippen LogP contribution is -2.61. The predicted molar refractivity (Wildman–Crippen MR) is 72.3 cm³/mol. The van der Waals surface area contributed by atoms with Crippen LogP contribution >= 0.6 is 0 Å². The Morgan fingerprint density at radius 2 is 1.38 bits per heavy atom. The fourth-order valence-electron chi connectivity index (χ4n) is 1.59. The van der Waals surface area contributed by atoms with E-state index in [4.69, 9.17) is 0 Å². The number of nitrogens with zero attached hydrogens (tertiary/aromatic N) is 1. The average Bonchev–Trinajstić information content (AvgIpc) is 2.39. The highest BCUT2D eigenvalue weighted by Gasteiger charge is 2.81. The number of hydroxylamine groups is 3. The van der Waals surface area contributed by atoms with E-state index in [1.807, 2.05) is 0 Å². The topological polar surface area (TPSA) is 69.2 Å². The van der Waals surface area contributed by atoms with Gasteiger partial charge < -0.3 is 9.85 Å². The number of sulfonamides is 1. The molecule has 15 heteroatoms. The first kappa shape index (κ1) is 25.2. The molecule has 0 aliphatic heterocycles. The highest BCUT2D eigenvalue weighted by molar-refractivity contribution is 7.89. The zero-order valence-corrected chi connectivity index (χ0v) is 14.3. The molecule has 0 saturated heterocycles. The predicted octanol–water partition coefficient (Wildman–Crippen LogP) is 2.73. The van der Waals surface area contributed by atoms with Crippen molar-refractivity contribution < 1.29 is 52.6 Å². The van der Waals surface area contributed by atoms with Gasteiger partial charge in [0.2, 0.25) is 10.0 Å². The fraction of sp³-hybridized carbons (Fsp3) is 1.00. The van der Waals surface area contributed by atoms with Gasteiger partial charge in [-0.05, 0) is 0 Å². The lowest BCUT2D eigenvalue weighted by atomic mass is 10.0. The number of hydrogen-bond acceptors (Lipinski definition) is 3. The van der Waals surface area contributed by atoms with Crippen molar-refractivity contribution in [1.82, 2.24) is 4.72 Å². The molecule has 0 saturated carbocycles. The Balaban J connectivity index is 4.95. The molecule has 0 rings (SSSR count). The molecule has 0 amide bonds. The van der Waals surface area contributed by atoms with Crippen LogP contribution in [0.15, 0.2) is 0 Å². The van der Waals surface area contributed by atoms with Crippen LogP contribution in [0.3, 0.4) is 0 Å². The lowest BCUT2D eigenvalue weighted by Gasteiger charge is -2.34. The molecule has 0 heterocycles. The van der Waals surface area contributed by atoms with Gasteiger partial charge in [0.05, 0.1) is 26.4 Å². The van der Waals surface area contributed by atoms with Crippen molar-refractivity contribution >= 4 is 10.0 Å². The Morgan fingerprint density at radius 1 is 0.923 bits per heavy atom. The number of quaternary nitrogens is 1. The van der Waals surface area contributed by atoms with Gasteiger partial charge in [-0.3, -0.25) is 0 Å². The summed E-state index contributed by atoms with van der Waals surface area (Å²) >= 11 is 0. The first-order valence-electron chi connectivity index (χ1n) is 6.88. The Hall–Kier alpha value is -0.800.